The second kappa shape index (κ2) is 6.97. The van der Waals surface area contributed by atoms with Crippen molar-refractivity contribution in [3.05, 3.63) is 42.7 Å². The van der Waals surface area contributed by atoms with Crippen molar-refractivity contribution in [1.82, 2.24) is 14.5 Å². The average molecular weight is 339 g/mol. The molecule has 1 N–H and O–H groups in total. The number of hydrogen-bond donors (Lipinski definition) is 1. The van der Waals surface area contributed by atoms with Gasteiger partial charge in [-0.2, -0.15) is 5.10 Å². The summed E-state index contributed by atoms with van der Waals surface area (Å²) in [6.07, 6.45) is 3.08. The van der Waals surface area contributed by atoms with Crippen molar-refractivity contribution >= 4 is 27.7 Å². The summed E-state index contributed by atoms with van der Waals surface area (Å²) in [5.74, 6) is -0.528. The molecule has 118 valence electrons. The molecule has 0 bridgehead atoms. The van der Waals surface area contributed by atoms with Gasteiger partial charge < -0.3 is 0 Å². The number of nitrogens with one attached hydrogen (secondary N) is 1. The molecular weight excluding hydrogens is 322 g/mol. The Labute approximate surface area is 134 Å². The average Bonchev–Trinajstić information content (AvgIpc) is 2.93. The van der Waals surface area contributed by atoms with Crippen LogP contribution in [-0.4, -0.2) is 29.4 Å². The summed E-state index contributed by atoms with van der Waals surface area (Å²) < 4.78 is 27.8. The molecule has 22 heavy (non-hydrogen) atoms. The number of aryl methyl sites for hydroxylation is 1. The lowest BCUT2D eigenvalue weighted by Crippen LogP contribution is -2.36. The molecule has 0 fully saturated rings. The second-order valence-corrected chi connectivity index (χ2v) is 7.61. The fraction of sp³-hybridized carbons (Fsp3) is 0.286. The minimum Gasteiger partial charge on any atom is -0.274 e. The molecule has 0 radical (unpaired) electrons. The summed E-state index contributed by atoms with van der Waals surface area (Å²) in [6, 6.07) is 9.41. The molecule has 0 saturated heterocycles. The normalized spacial score (nSPS) is 12.8. The van der Waals surface area contributed by atoms with Crippen LogP contribution in [0.1, 0.15) is 13.3 Å². The highest BCUT2D eigenvalue weighted by Gasteiger charge is 2.25. The summed E-state index contributed by atoms with van der Waals surface area (Å²) >= 11 is 1.34. The molecular formula is C14H17N3O3S2. The predicted molar refractivity (Wildman–Crippen MR) is 84.9 cm³/mol. The maximum absolute atomic E-state index is 12.2. The van der Waals surface area contributed by atoms with Crippen LogP contribution in [0.2, 0.25) is 0 Å². The lowest BCUT2D eigenvalue weighted by atomic mass is 10.3. The SMILES string of the molecule is CCC(Sc1ccccc1)C(=O)NS(=O)(=O)c1cnn(C)c1. The van der Waals surface area contributed by atoms with Crippen molar-refractivity contribution in [2.45, 2.75) is 28.4 Å². The van der Waals surface area contributed by atoms with Crippen LogP contribution in [0.3, 0.4) is 0 Å². The van der Waals surface area contributed by atoms with Crippen molar-refractivity contribution < 1.29 is 13.2 Å². The first-order chi connectivity index (χ1) is 10.4. The van der Waals surface area contributed by atoms with Crippen LogP contribution < -0.4 is 4.72 Å². The van der Waals surface area contributed by atoms with Crippen LogP contribution in [0.5, 0.6) is 0 Å². The molecule has 1 aromatic carbocycles. The molecule has 2 aromatic rings. The van der Waals surface area contributed by atoms with E-state index in [1.54, 1.807) is 7.05 Å². The zero-order valence-corrected chi connectivity index (χ0v) is 13.9. The first-order valence-corrected chi connectivity index (χ1v) is 9.05. The number of carbonyl (C=O) groups is 1. The van der Waals surface area contributed by atoms with Gasteiger partial charge in [-0.05, 0) is 18.6 Å². The van der Waals surface area contributed by atoms with Gasteiger partial charge in [0.2, 0.25) is 5.91 Å². The maximum atomic E-state index is 12.2. The topological polar surface area (TPSA) is 81.1 Å². The number of rotatable bonds is 6. The molecule has 0 aliphatic heterocycles. The number of carbonyl (C=O) groups excluding carboxylic acids is 1. The Morgan fingerprint density at radius 2 is 2.05 bits per heavy atom. The standard InChI is InChI=1S/C14H17N3O3S2/c1-3-13(21-11-7-5-4-6-8-11)14(18)16-22(19,20)12-9-15-17(2)10-12/h4-10,13H,3H2,1-2H3,(H,16,18). The van der Waals surface area contributed by atoms with Gasteiger partial charge in [0.05, 0.1) is 11.4 Å². The largest absolute Gasteiger partial charge is 0.274 e. The monoisotopic (exact) mass is 339 g/mol. The summed E-state index contributed by atoms with van der Waals surface area (Å²) in [4.78, 5) is 13.1. The molecule has 8 heteroatoms. The number of nitrogens with zero attached hydrogens (tertiary/aromatic N) is 2. The van der Waals surface area contributed by atoms with Crippen molar-refractivity contribution in [1.29, 1.82) is 0 Å². The highest BCUT2D eigenvalue weighted by molar-refractivity contribution is 8.00. The van der Waals surface area contributed by atoms with Gasteiger partial charge in [0.1, 0.15) is 4.90 Å². The van der Waals surface area contributed by atoms with Gasteiger partial charge in [-0.1, -0.05) is 25.1 Å². The maximum Gasteiger partial charge on any atom is 0.267 e. The predicted octanol–water partition coefficient (Wildman–Crippen LogP) is 1.80. The number of thioether (sulfide) groups is 1. The number of benzene rings is 1. The van der Waals surface area contributed by atoms with E-state index in [4.69, 9.17) is 0 Å². The van der Waals surface area contributed by atoms with Crippen molar-refractivity contribution in [2.75, 3.05) is 0 Å². The second-order valence-electron chi connectivity index (χ2n) is 4.65. The van der Waals surface area contributed by atoms with Crippen LogP contribution in [0.15, 0.2) is 52.5 Å². The third-order valence-electron chi connectivity index (χ3n) is 2.91. The third kappa shape index (κ3) is 4.11. The van der Waals surface area contributed by atoms with E-state index in [1.165, 1.54) is 28.8 Å². The van der Waals surface area contributed by atoms with E-state index in [0.29, 0.717) is 6.42 Å². The quantitative estimate of drug-likeness (QED) is 0.812. The van der Waals surface area contributed by atoms with Gasteiger partial charge in [-0.25, -0.2) is 13.1 Å². The Balaban J connectivity index is 2.09. The van der Waals surface area contributed by atoms with Crippen LogP contribution in [-0.2, 0) is 21.9 Å². The van der Waals surface area contributed by atoms with Crippen molar-refractivity contribution in [3.8, 4) is 0 Å². The van der Waals surface area contributed by atoms with Gasteiger partial charge in [-0.3, -0.25) is 9.48 Å². The third-order valence-corrected chi connectivity index (χ3v) is 5.59. The van der Waals surface area contributed by atoms with Gasteiger partial charge in [0, 0.05) is 18.1 Å². The van der Waals surface area contributed by atoms with E-state index in [0.717, 1.165) is 4.90 Å². The lowest BCUT2D eigenvalue weighted by Gasteiger charge is -2.14. The molecule has 1 aromatic heterocycles. The van der Waals surface area contributed by atoms with Crippen LogP contribution in [0, 0.1) is 0 Å². The van der Waals surface area contributed by atoms with E-state index in [1.807, 2.05) is 37.3 Å². The smallest absolute Gasteiger partial charge is 0.267 e. The Bertz CT molecular complexity index is 742. The van der Waals surface area contributed by atoms with E-state index in [-0.39, 0.29) is 4.90 Å². The number of aromatic nitrogens is 2. The van der Waals surface area contributed by atoms with E-state index < -0.39 is 21.2 Å². The Morgan fingerprint density at radius 1 is 1.36 bits per heavy atom. The summed E-state index contributed by atoms with van der Waals surface area (Å²) in [7, 11) is -2.27. The highest BCUT2D eigenvalue weighted by Crippen LogP contribution is 2.25. The first-order valence-electron chi connectivity index (χ1n) is 6.69. The van der Waals surface area contributed by atoms with Crippen molar-refractivity contribution in [3.63, 3.8) is 0 Å². The van der Waals surface area contributed by atoms with Gasteiger partial charge in [-0.15, -0.1) is 11.8 Å². The Morgan fingerprint density at radius 3 is 2.59 bits per heavy atom. The van der Waals surface area contributed by atoms with Gasteiger partial charge in [0.15, 0.2) is 0 Å². The first kappa shape index (κ1) is 16.6. The molecule has 1 amide bonds. The molecule has 0 aliphatic carbocycles. The minimum absolute atomic E-state index is 0.0251. The van der Waals surface area contributed by atoms with E-state index >= 15 is 0 Å². The molecule has 0 aliphatic rings. The lowest BCUT2D eigenvalue weighted by molar-refractivity contribution is -0.118. The number of hydrogen-bond acceptors (Lipinski definition) is 5. The number of sulfonamides is 1. The minimum atomic E-state index is -3.88. The fourth-order valence-electron chi connectivity index (χ4n) is 1.78. The molecule has 0 saturated carbocycles. The fourth-order valence-corrected chi connectivity index (χ4v) is 3.83. The summed E-state index contributed by atoms with van der Waals surface area (Å²) in [5, 5.41) is 3.33. The summed E-state index contributed by atoms with van der Waals surface area (Å²) in [6.45, 7) is 1.84. The Kier molecular flexibility index (Phi) is 5.25. The molecule has 2 rings (SSSR count). The Hall–Kier alpha value is -1.80. The van der Waals surface area contributed by atoms with E-state index in [2.05, 4.69) is 9.82 Å². The molecule has 1 unspecified atom stereocenters. The van der Waals surface area contributed by atoms with E-state index in [9.17, 15) is 13.2 Å². The highest BCUT2D eigenvalue weighted by atomic mass is 32.2. The van der Waals surface area contributed by atoms with Crippen molar-refractivity contribution in [2.24, 2.45) is 7.05 Å². The van der Waals surface area contributed by atoms with Crippen LogP contribution in [0.4, 0.5) is 0 Å². The van der Waals surface area contributed by atoms with Crippen LogP contribution >= 0.6 is 11.8 Å². The zero-order chi connectivity index (χ0) is 16.2. The van der Waals surface area contributed by atoms with Gasteiger partial charge >= 0.3 is 0 Å². The molecule has 0 spiro atoms. The molecule has 1 heterocycles. The zero-order valence-electron chi connectivity index (χ0n) is 12.3. The van der Waals surface area contributed by atoms with Gasteiger partial charge in [0.25, 0.3) is 10.0 Å². The number of amides is 1. The molecule has 6 nitrogen and oxygen atoms in total. The van der Waals surface area contributed by atoms with Crippen LogP contribution in [0.25, 0.3) is 0 Å². The molecule has 1 atom stereocenters. The summed E-state index contributed by atoms with van der Waals surface area (Å²) in [5.41, 5.74) is 0.